The Bertz CT molecular complexity index is 855. The number of benzene rings is 2. The van der Waals surface area contributed by atoms with Crippen LogP contribution < -0.4 is 5.32 Å². The summed E-state index contributed by atoms with van der Waals surface area (Å²) in [5, 5.41) is 2.91. The summed E-state index contributed by atoms with van der Waals surface area (Å²) < 4.78 is 5.06. The van der Waals surface area contributed by atoms with Crippen LogP contribution in [-0.4, -0.2) is 11.9 Å². The number of esters is 1. The summed E-state index contributed by atoms with van der Waals surface area (Å²) >= 11 is 3.20. The highest BCUT2D eigenvalue weighted by Gasteiger charge is 2.19. The van der Waals surface area contributed by atoms with Crippen molar-refractivity contribution >= 4 is 33.5 Å². The Balaban J connectivity index is 1.53. The summed E-state index contributed by atoms with van der Waals surface area (Å²) in [6.07, 6.45) is 3.24. The first-order valence-corrected chi connectivity index (χ1v) is 9.21. The fraction of sp³-hybridized carbons (Fsp3) is 0.143. The van der Waals surface area contributed by atoms with Crippen molar-refractivity contribution in [3.63, 3.8) is 0 Å². The number of halogens is 1. The maximum absolute atomic E-state index is 12.1. The van der Waals surface area contributed by atoms with Gasteiger partial charge in [-0.2, -0.15) is 0 Å². The number of anilines is 1. The van der Waals surface area contributed by atoms with Crippen molar-refractivity contribution < 1.29 is 14.3 Å². The van der Waals surface area contributed by atoms with Gasteiger partial charge in [-0.25, -0.2) is 4.79 Å². The van der Waals surface area contributed by atoms with Crippen LogP contribution >= 0.6 is 15.9 Å². The average molecular weight is 412 g/mol. The number of amides is 1. The van der Waals surface area contributed by atoms with E-state index in [0.717, 1.165) is 22.4 Å². The SMILES string of the molecule is O=C(CCc1ccccc1)Nc1ccc(CC2=CC(=O)O/C2=C/Br)cc1. The number of carbonyl (C=O) groups is 2. The van der Waals surface area contributed by atoms with E-state index in [1.54, 1.807) is 4.99 Å². The summed E-state index contributed by atoms with van der Waals surface area (Å²) in [4.78, 5) is 25.0. The Hall–Kier alpha value is -2.66. The molecule has 1 amide bonds. The topological polar surface area (TPSA) is 55.4 Å². The molecular formula is C21H18BrNO3. The van der Waals surface area contributed by atoms with Gasteiger partial charge in [-0.3, -0.25) is 4.79 Å². The highest BCUT2D eigenvalue weighted by molar-refractivity contribution is 9.11. The van der Waals surface area contributed by atoms with E-state index in [1.807, 2.05) is 54.6 Å². The smallest absolute Gasteiger partial charge is 0.336 e. The third kappa shape index (κ3) is 4.92. The monoisotopic (exact) mass is 411 g/mol. The van der Waals surface area contributed by atoms with Crippen LogP contribution in [0.2, 0.25) is 0 Å². The largest absolute Gasteiger partial charge is 0.422 e. The highest BCUT2D eigenvalue weighted by atomic mass is 79.9. The summed E-state index contributed by atoms with van der Waals surface area (Å²) in [6, 6.07) is 17.5. The molecule has 0 saturated carbocycles. The van der Waals surface area contributed by atoms with E-state index >= 15 is 0 Å². The second-order valence-electron chi connectivity index (χ2n) is 5.97. The molecule has 1 aliphatic rings. The third-order valence-corrected chi connectivity index (χ3v) is 4.45. The Morgan fingerprint density at radius 1 is 1.04 bits per heavy atom. The van der Waals surface area contributed by atoms with Gasteiger partial charge in [-0.05, 0) is 29.7 Å². The molecule has 26 heavy (non-hydrogen) atoms. The molecule has 0 saturated heterocycles. The molecule has 0 radical (unpaired) electrons. The summed E-state index contributed by atoms with van der Waals surface area (Å²) in [5.74, 6) is 0.171. The molecule has 0 spiro atoms. The van der Waals surface area contributed by atoms with Crippen molar-refractivity contribution in [3.05, 3.63) is 88.1 Å². The number of ether oxygens (including phenoxy) is 1. The number of aryl methyl sites for hydroxylation is 1. The second kappa shape index (κ2) is 8.63. The molecule has 0 fully saturated rings. The minimum Gasteiger partial charge on any atom is -0.422 e. The van der Waals surface area contributed by atoms with E-state index in [4.69, 9.17) is 4.74 Å². The van der Waals surface area contributed by atoms with E-state index in [2.05, 4.69) is 21.2 Å². The lowest BCUT2D eigenvalue weighted by atomic mass is 10.0. The molecule has 4 nitrogen and oxygen atoms in total. The zero-order valence-electron chi connectivity index (χ0n) is 14.1. The maximum atomic E-state index is 12.1. The van der Waals surface area contributed by atoms with Gasteiger partial charge in [0.2, 0.25) is 5.91 Å². The Labute approximate surface area is 160 Å². The molecule has 3 rings (SSSR count). The van der Waals surface area contributed by atoms with Crippen molar-refractivity contribution in [2.24, 2.45) is 0 Å². The van der Waals surface area contributed by atoms with E-state index in [9.17, 15) is 9.59 Å². The predicted molar refractivity (Wildman–Crippen MR) is 105 cm³/mol. The molecule has 1 heterocycles. The first kappa shape index (κ1) is 18.1. The third-order valence-electron chi connectivity index (χ3n) is 4.03. The Morgan fingerprint density at radius 3 is 2.46 bits per heavy atom. The van der Waals surface area contributed by atoms with Gasteiger partial charge in [0.15, 0.2) is 0 Å². The van der Waals surface area contributed by atoms with Crippen LogP contribution in [0.3, 0.4) is 0 Å². The van der Waals surface area contributed by atoms with Crippen molar-refractivity contribution in [2.75, 3.05) is 5.32 Å². The molecule has 1 aliphatic heterocycles. The van der Waals surface area contributed by atoms with E-state index in [0.29, 0.717) is 25.0 Å². The molecule has 5 heteroatoms. The minimum atomic E-state index is -0.354. The quantitative estimate of drug-likeness (QED) is 0.710. The van der Waals surface area contributed by atoms with Gasteiger partial charge >= 0.3 is 5.97 Å². The van der Waals surface area contributed by atoms with Crippen molar-refractivity contribution in [1.29, 1.82) is 0 Å². The average Bonchev–Trinajstić information content (AvgIpc) is 3.02. The summed E-state index contributed by atoms with van der Waals surface area (Å²) in [7, 11) is 0. The van der Waals surface area contributed by atoms with Gasteiger partial charge in [-0.15, -0.1) is 0 Å². The molecule has 2 aromatic rings. The predicted octanol–water partition coefficient (Wildman–Crippen LogP) is 4.52. The normalized spacial score (nSPS) is 14.9. The van der Waals surface area contributed by atoms with Gasteiger partial charge in [0.25, 0.3) is 0 Å². The number of carbonyl (C=O) groups excluding carboxylic acids is 2. The Kier molecular flexibility index (Phi) is 6.02. The maximum Gasteiger partial charge on any atom is 0.336 e. The van der Waals surface area contributed by atoms with E-state index in [1.165, 1.54) is 6.08 Å². The summed E-state index contributed by atoms with van der Waals surface area (Å²) in [5.41, 5.74) is 3.77. The number of rotatable bonds is 6. The number of allylic oxidation sites excluding steroid dienone is 1. The number of hydrogen-bond acceptors (Lipinski definition) is 3. The molecule has 1 N–H and O–H groups in total. The summed E-state index contributed by atoms with van der Waals surface area (Å²) in [6.45, 7) is 0. The molecule has 0 bridgehead atoms. The first-order valence-electron chi connectivity index (χ1n) is 8.30. The minimum absolute atomic E-state index is 0.0105. The van der Waals surface area contributed by atoms with Crippen LogP contribution in [0.5, 0.6) is 0 Å². The van der Waals surface area contributed by atoms with Gasteiger partial charge < -0.3 is 10.1 Å². The second-order valence-corrected chi connectivity index (χ2v) is 6.43. The highest BCUT2D eigenvalue weighted by Crippen LogP contribution is 2.25. The van der Waals surface area contributed by atoms with Gasteiger partial charge in [0.1, 0.15) is 5.76 Å². The van der Waals surface area contributed by atoms with Gasteiger partial charge in [0.05, 0.1) is 0 Å². The van der Waals surface area contributed by atoms with Crippen LogP contribution in [0.25, 0.3) is 0 Å². The van der Waals surface area contributed by atoms with Crippen molar-refractivity contribution in [2.45, 2.75) is 19.3 Å². The van der Waals surface area contributed by atoms with Crippen molar-refractivity contribution in [3.8, 4) is 0 Å². The molecular weight excluding hydrogens is 394 g/mol. The number of nitrogens with one attached hydrogen (secondary N) is 1. The van der Waals surface area contributed by atoms with Gasteiger partial charge in [-0.1, -0.05) is 58.4 Å². The molecule has 0 aliphatic carbocycles. The zero-order chi connectivity index (χ0) is 18.4. The fourth-order valence-corrected chi connectivity index (χ4v) is 3.09. The van der Waals surface area contributed by atoms with Crippen LogP contribution in [0.1, 0.15) is 17.5 Å². The first-order chi connectivity index (χ1) is 12.6. The van der Waals surface area contributed by atoms with Crippen LogP contribution in [0.4, 0.5) is 5.69 Å². The molecule has 0 unspecified atom stereocenters. The number of hydrogen-bond donors (Lipinski definition) is 1. The van der Waals surface area contributed by atoms with E-state index < -0.39 is 0 Å². The Morgan fingerprint density at radius 2 is 1.77 bits per heavy atom. The fourth-order valence-electron chi connectivity index (χ4n) is 2.70. The lowest BCUT2D eigenvalue weighted by molar-refractivity contribution is -0.132. The van der Waals surface area contributed by atoms with Crippen LogP contribution in [0, 0.1) is 0 Å². The van der Waals surface area contributed by atoms with E-state index in [-0.39, 0.29) is 11.9 Å². The van der Waals surface area contributed by atoms with Gasteiger partial charge in [0, 0.05) is 35.2 Å². The lowest BCUT2D eigenvalue weighted by Crippen LogP contribution is -2.12. The molecule has 0 atom stereocenters. The lowest BCUT2D eigenvalue weighted by Gasteiger charge is -2.08. The van der Waals surface area contributed by atoms with Crippen LogP contribution in [-0.2, 0) is 27.2 Å². The van der Waals surface area contributed by atoms with Crippen molar-refractivity contribution in [1.82, 2.24) is 0 Å². The molecule has 132 valence electrons. The zero-order valence-corrected chi connectivity index (χ0v) is 15.7. The number of cyclic esters (lactones) is 1. The molecule has 0 aromatic heterocycles. The standard InChI is InChI=1S/C21H18BrNO3/c22-14-19-17(13-21(25)26-19)12-16-6-9-18(10-7-16)23-20(24)11-8-15-4-2-1-3-5-15/h1-7,9-10,13-14H,8,11-12H2,(H,23,24)/b19-14+. The molecule has 2 aromatic carbocycles. The van der Waals surface area contributed by atoms with Crippen LogP contribution in [0.15, 0.2) is 77.0 Å².